The van der Waals surface area contributed by atoms with Gasteiger partial charge < -0.3 is 10.1 Å². The first-order chi connectivity index (χ1) is 9.34. The third kappa shape index (κ3) is 2.58. The number of benzene rings is 1. The largest absolute Gasteiger partial charge is 0.497 e. The van der Waals surface area contributed by atoms with Crippen molar-refractivity contribution in [3.63, 3.8) is 0 Å². The van der Waals surface area contributed by atoms with Crippen molar-refractivity contribution < 1.29 is 4.74 Å². The van der Waals surface area contributed by atoms with Gasteiger partial charge in [0.15, 0.2) is 0 Å². The van der Waals surface area contributed by atoms with Crippen LogP contribution in [0.25, 0.3) is 0 Å². The lowest BCUT2D eigenvalue weighted by Crippen LogP contribution is -2.24. The van der Waals surface area contributed by atoms with Gasteiger partial charge in [0, 0.05) is 6.04 Å². The highest BCUT2D eigenvalue weighted by Crippen LogP contribution is 2.68. The van der Waals surface area contributed by atoms with Crippen molar-refractivity contribution >= 4 is 0 Å². The van der Waals surface area contributed by atoms with Crippen molar-refractivity contribution in [2.45, 2.75) is 47.1 Å². The van der Waals surface area contributed by atoms with Crippen LogP contribution in [0.5, 0.6) is 5.75 Å². The second-order valence-corrected chi connectivity index (χ2v) is 7.14. The van der Waals surface area contributed by atoms with Gasteiger partial charge in [0.05, 0.1) is 7.11 Å². The van der Waals surface area contributed by atoms with Crippen LogP contribution < -0.4 is 10.1 Å². The Hall–Kier alpha value is -1.02. The second-order valence-electron chi connectivity index (χ2n) is 7.14. The zero-order valence-corrected chi connectivity index (χ0v) is 13.8. The molecule has 0 bridgehead atoms. The third-order valence-electron chi connectivity index (χ3n) is 5.81. The summed E-state index contributed by atoms with van der Waals surface area (Å²) in [5.74, 6) is 1.69. The highest BCUT2D eigenvalue weighted by Gasteiger charge is 2.63. The minimum absolute atomic E-state index is 0.438. The summed E-state index contributed by atoms with van der Waals surface area (Å²) in [6, 6.07) is 8.87. The third-order valence-corrected chi connectivity index (χ3v) is 5.81. The predicted molar refractivity (Wildman–Crippen MR) is 85.1 cm³/mol. The molecule has 0 spiro atoms. The number of hydrogen-bond donors (Lipinski definition) is 1. The molecular formula is C18H29NO. The van der Waals surface area contributed by atoms with Crippen molar-refractivity contribution in [2.24, 2.45) is 16.7 Å². The summed E-state index contributed by atoms with van der Waals surface area (Å²) in [7, 11) is 1.71. The molecule has 0 aromatic heterocycles. The maximum atomic E-state index is 5.22. The Balaban J connectivity index is 1.96. The van der Waals surface area contributed by atoms with Crippen LogP contribution >= 0.6 is 0 Å². The van der Waals surface area contributed by atoms with E-state index in [2.05, 4.69) is 52.1 Å². The summed E-state index contributed by atoms with van der Waals surface area (Å²) < 4.78 is 5.22. The van der Waals surface area contributed by atoms with E-state index in [4.69, 9.17) is 4.74 Å². The number of rotatable bonds is 6. The van der Waals surface area contributed by atoms with Gasteiger partial charge in [-0.2, -0.15) is 0 Å². The molecule has 20 heavy (non-hydrogen) atoms. The van der Waals surface area contributed by atoms with Gasteiger partial charge in [0.2, 0.25) is 0 Å². The number of hydrogen-bond acceptors (Lipinski definition) is 2. The summed E-state index contributed by atoms with van der Waals surface area (Å²) in [5.41, 5.74) is 2.26. The van der Waals surface area contributed by atoms with Crippen molar-refractivity contribution in [1.82, 2.24) is 5.32 Å². The molecule has 2 rings (SSSR count). The molecule has 1 saturated carbocycles. The fourth-order valence-corrected chi connectivity index (χ4v) is 3.44. The smallest absolute Gasteiger partial charge is 0.118 e. The predicted octanol–water partition coefficient (Wildman–Crippen LogP) is 4.42. The van der Waals surface area contributed by atoms with Crippen LogP contribution in [0, 0.1) is 16.7 Å². The van der Waals surface area contributed by atoms with E-state index >= 15 is 0 Å². The molecule has 0 amide bonds. The lowest BCUT2D eigenvalue weighted by molar-refractivity contribution is 0.413. The van der Waals surface area contributed by atoms with Crippen LogP contribution in [0.2, 0.25) is 0 Å². The summed E-state index contributed by atoms with van der Waals surface area (Å²) >= 11 is 0. The first-order valence-corrected chi connectivity index (χ1v) is 7.72. The molecule has 1 unspecified atom stereocenters. The van der Waals surface area contributed by atoms with E-state index in [0.717, 1.165) is 24.6 Å². The van der Waals surface area contributed by atoms with Gasteiger partial charge in [0.1, 0.15) is 5.75 Å². The molecule has 112 valence electrons. The van der Waals surface area contributed by atoms with Crippen LogP contribution in [0.1, 0.15) is 52.6 Å². The number of nitrogens with one attached hydrogen (secondary N) is 1. The molecule has 0 heterocycles. The van der Waals surface area contributed by atoms with Gasteiger partial charge in [0.25, 0.3) is 0 Å². The average Bonchev–Trinajstić information content (AvgIpc) is 2.82. The quantitative estimate of drug-likeness (QED) is 0.830. The Morgan fingerprint density at radius 2 is 1.65 bits per heavy atom. The maximum Gasteiger partial charge on any atom is 0.118 e. The summed E-state index contributed by atoms with van der Waals surface area (Å²) in [6.07, 6.45) is 1.11. The van der Waals surface area contributed by atoms with Crippen molar-refractivity contribution in [3.8, 4) is 5.75 Å². The molecular weight excluding hydrogens is 246 g/mol. The molecule has 0 saturated heterocycles. The topological polar surface area (TPSA) is 21.3 Å². The van der Waals surface area contributed by atoms with Crippen LogP contribution in [-0.2, 0) is 0 Å². The van der Waals surface area contributed by atoms with Gasteiger partial charge >= 0.3 is 0 Å². The van der Waals surface area contributed by atoms with E-state index in [1.165, 1.54) is 5.56 Å². The Bertz CT molecular complexity index is 433. The maximum absolute atomic E-state index is 5.22. The Morgan fingerprint density at radius 3 is 2.05 bits per heavy atom. The SMILES string of the molecule is CCC(NCC1C(C)(C)C1(C)C)c1ccc(OC)cc1. The highest BCUT2D eigenvalue weighted by molar-refractivity contribution is 5.29. The van der Waals surface area contributed by atoms with E-state index in [1.54, 1.807) is 7.11 Å². The van der Waals surface area contributed by atoms with Gasteiger partial charge in [-0.05, 0) is 47.4 Å². The van der Waals surface area contributed by atoms with Gasteiger partial charge in [-0.15, -0.1) is 0 Å². The Morgan fingerprint density at radius 1 is 1.10 bits per heavy atom. The Labute approximate surface area is 123 Å². The lowest BCUT2D eigenvalue weighted by Gasteiger charge is -2.18. The molecule has 1 aliphatic rings. The zero-order chi connectivity index (χ0) is 15.0. The molecule has 1 aromatic carbocycles. The van der Waals surface area contributed by atoms with Crippen LogP contribution in [0.4, 0.5) is 0 Å². The molecule has 2 nitrogen and oxygen atoms in total. The van der Waals surface area contributed by atoms with E-state index in [1.807, 2.05) is 12.1 Å². The summed E-state index contributed by atoms with van der Waals surface area (Å²) in [4.78, 5) is 0. The molecule has 0 aliphatic heterocycles. The second kappa shape index (κ2) is 5.40. The fraction of sp³-hybridized carbons (Fsp3) is 0.667. The number of methoxy groups -OCH3 is 1. The first-order valence-electron chi connectivity index (χ1n) is 7.72. The molecule has 2 heteroatoms. The zero-order valence-electron chi connectivity index (χ0n) is 13.8. The normalized spacial score (nSPS) is 21.5. The van der Waals surface area contributed by atoms with Crippen molar-refractivity contribution in [3.05, 3.63) is 29.8 Å². The average molecular weight is 275 g/mol. The molecule has 1 aromatic rings. The lowest BCUT2D eigenvalue weighted by atomic mass is 10.0. The van der Waals surface area contributed by atoms with Gasteiger partial charge in [-0.3, -0.25) is 0 Å². The van der Waals surface area contributed by atoms with Crippen molar-refractivity contribution in [1.29, 1.82) is 0 Å². The minimum Gasteiger partial charge on any atom is -0.497 e. The molecule has 1 atom stereocenters. The van der Waals surface area contributed by atoms with E-state index in [-0.39, 0.29) is 0 Å². The molecule has 1 fully saturated rings. The van der Waals surface area contributed by atoms with Gasteiger partial charge in [-0.1, -0.05) is 46.8 Å². The highest BCUT2D eigenvalue weighted by atomic mass is 16.5. The van der Waals surface area contributed by atoms with E-state index in [0.29, 0.717) is 16.9 Å². The standard InChI is InChI=1S/C18H29NO/c1-7-15(13-8-10-14(20-6)11-9-13)19-12-16-17(2,3)18(16,4)5/h8-11,15-16,19H,7,12H2,1-6H3. The van der Waals surface area contributed by atoms with E-state index in [9.17, 15) is 0 Å². The van der Waals surface area contributed by atoms with Crippen LogP contribution in [-0.4, -0.2) is 13.7 Å². The summed E-state index contributed by atoms with van der Waals surface area (Å²) in [5, 5.41) is 3.76. The van der Waals surface area contributed by atoms with Crippen LogP contribution in [0.3, 0.4) is 0 Å². The Kier molecular flexibility index (Phi) is 4.15. The van der Waals surface area contributed by atoms with Gasteiger partial charge in [-0.25, -0.2) is 0 Å². The summed E-state index contributed by atoms with van der Waals surface area (Å²) in [6.45, 7) is 12.9. The first kappa shape index (κ1) is 15.4. The number of ether oxygens (including phenoxy) is 1. The van der Waals surface area contributed by atoms with Crippen molar-refractivity contribution in [2.75, 3.05) is 13.7 Å². The minimum atomic E-state index is 0.438. The molecule has 1 N–H and O–H groups in total. The molecule has 0 radical (unpaired) electrons. The molecule has 1 aliphatic carbocycles. The van der Waals surface area contributed by atoms with Crippen LogP contribution in [0.15, 0.2) is 24.3 Å². The monoisotopic (exact) mass is 275 g/mol. The van der Waals surface area contributed by atoms with E-state index < -0.39 is 0 Å². The fourth-order valence-electron chi connectivity index (χ4n) is 3.44.